The van der Waals surface area contributed by atoms with Crippen LogP contribution in [0.25, 0.3) is 0 Å². The van der Waals surface area contributed by atoms with Gasteiger partial charge in [-0.2, -0.15) is 0 Å². The van der Waals surface area contributed by atoms with Gasteiger partial charge in [-0.1, -0.05) is 6.92 Å². The Balaban J connectivity index is 1.52. The number of amides is 2. The predicted octanol–water partition coefficient (Wildman–Crippen LogP) is 2.09. The van der Waals surface area contributed by atoms with E-state index in [-0.39, 0.29) is 23.6 Å². The molecule has 0 unspecified atom stereocenters. The summed E-state index contributed by atoms with van der Waals surface area (Å²) in [6, 6.07) is 8.02. The maximum absolute atomic E-state index is 13.0. The largest absolute Gasteiger partial charge is 0.353 e. The zero-order valence-electron chi connectivity index (χ0n) is 17.1. The van der Waals surface area contributed by atoms with Crippen LogP contribution in [0.5, 0.6) is 0 Å². The molecule has 30 heavy (non-hydrogen) atoms. The topological polar surface area (TPSA) is 83.4 Å². The van der Waals surface area contributed by atoms with Crippen molar-refractivity contribution in [1.82, 2.24) is 14.8 Å². The van der Waals surface area contributed by atoms with Crippen LogP contribution in [0.3, 0.4) is 0 Å². The van der Waals surface area contributed by atoms with E-state index in [0.717, 1.165) is 25.6 Å². The van der Waals surface area contributed by atoms with Crippen molar-refractivity contribution in [3.8, 4) is 0 Å². The first-order valence-electron chi connectivity index (χ1n) is 10.2. The summed E-state index contributed by atoms with van der Waals surface area (Å²) in [4.78, 5) is 39.0. The van der Waals surface area contributed by atoms with Crippen LogP contribution in [-0.4, -0.2) is 47.5 Å². The fraction of sp³-hybridized carbons (Fsp3) is 0.409. The van der Waals surface area contributed by atoms with Crippen molar-refractivity contribution in [2.45, 2.75) is 26.3 Å². The van der Waals surface area contributed by atoms with Crippen LogP contribution >= 0.6 is 0 Å². The third-order valence-corrected chi connectivity index (χ3v) is 5.29. The Morgan fingerprint density at radius 1 is 1.10 bits per heavy atom. The monoisotopic (exact) mass is 414 g/mol. The van der Waals surface area contributed by atoms with Gasteiger partial charge in [0.2, 0.25) is 5.91 Å². The summed E-state index contributed by atoms with van der Waals surface area (Å²) in [6.45, 7) is 5.49. The molecule has 0 bridgehead atoms. The Labute approximate surface area is 174 Å². The molecule has 0 aliphatic carbocycles. The first-order chi connectivity index (χ1) is 14.4. The van der Waals surface area contributed by atoms with Gasteiger partial charge in [-0.15, -0.1) is 0 Å². The molecule has 2 N–H and O–H groups in total. The average molecular weight is 414 g/mol. The minimum Gasteiger partial charge on any atom is -0.353 e. The number of aromatic nitrogens is 1. The zero-order valence-corrected chi connectivity index (χ0v) is 17.1. The van der Waals surface area contributed by atoms with Crippen LogP contribution in [0, 0.1) is 11.7 Å². The van der Waals surface area contributed by atoms with E-state index in [4.69, 9.17) is 0 Å². The summed E-state index contributed by atoms with van der Waals surface area (Å²) >= 11 is 0. The Morgan fingerprint density at radius 2 is 1.80 bits per heavy atom. The highest BCUT2D eigenvalue weighted by molar-refractivity contribution is 6.04. The summed E-state index contributed by atoms with van der Waals surface area (Å²) in [5.74, 6) is -0.369. The molecule has 8 heteroatoms. The lowest BCUT2D eigenvalue weighted by molar-refractivity contribution is -0.121. The zero-order chi connectivity index (χ0) is 21.5. The molecule has 0 spiro atoms. The van der Waals surface area contributed by atoms with E-state index in [1.54, 1.807) is 0 Å². The lowest BCUT2D eigenvalue weighted by Gasteiger charge is -2.30. The van der Waals surface area contributed by atoms with Gasteiger partial charge in [-0.3, -0.25) is 14.4 Å². The third kappa shape index (κ3) is 6.25. The van der Waals surface area contributed by atoms with Crippen LogP contribution in [0.4, 0.5) is 10.1 Å². The molecule has 1 aromatic carbocycles. The molecule has 2 heterocycles. The number of rotatable bonds is 7. The van der Waals surface area contributed by atoms with Gasteiger partial charge < -0.3 is 20.1 Å². The normalized spacial score (nSPS) is 15.0. The number of benzene rings is 1. The smallest absolute Gasteiger partial charge is 0.257 e. The number of halogens is 1. The Kier molecular flexibility index (Phi) is 7.35. The van der Waals surface area contributed by atoms with E-state index in [1.807, 2.05) is 0 Å². The van der Waals surface area contributed by atoms with Gasteiger partial charge in [0.1, 0.15) is 12.4 Å². The molecule has 2 amide bonds. The number of carbonyl (C=O) groups excluding carboxylic acids is 2. The van der Waals surface area contributed by atoms with E-state index >= 15 is 0 Å². The number of nitrogens with one attached hydrogen (secondary N) is 2. The molecule has 0 atom stereocenters. The highest BCUT2D eigenvalue weighted by Gasteiger charge is 2.15. The number of piperidine rings is 1. The average Bonchev–Trinajstić information content (AvgIpc) is 2.73. The van der Waals surface area contributed by atoms with Crippen molar-refractivity contribution in [2.75, 3.05) is 31.5 Å². The summed E-state index contributed by atoms with van der Waals surface area (Å²) in [6.07, 6.45) is 3.71. The van der Waals surface area contributed by atoms with Gasteiger partial charge >= 0.3 is 0 Å². The van der Waals surface area contributed by atoms with Crippen molar-refractivity contribution in [1.29, 1.82) is 0 Å². The maximum Gasteiger partial charge on any atom is 0.257 e. The second-order valence-corrected chi connectivity index (χ2v) is 7.72. The molecule has 1 aliphatic heterocycles. The van der Waals surface area contributed by atoms with Crippen molar-refractivity contribution in [2.24, 2.45) is 5.92 Å². The molecule has 2 aromatic rings. The molecular formula is C22H27FN4O3. The second kappa shape index (κ2) is 10.2. The minimum atomic E-state index is -0.449. The highest BCUT2D eigenvalue weighted by Crippen LogP contribution is 2.15. The van der Waals surface area contributed by atoms with E-state index in [1.165, 1.54) is 60.0 Å². The number of hydrogen-bond acceptors (Lipinski definition) is 4. The molecular weight excluding hydrogens is 387 g/mol. The van der Waals surface area contributed by atoms with Crippen LogP contribution in [0.1, 0.15) is 30.1 Å². The first kappa shape index (κ1) is 21.7. The van der Waals surface area contributed by atoms with Gasteiger partial charge in [0.15, 0.2) is 0 Å². The molecule has 160 valence electrons. The number of nitrogens with zero attached hydrogens (tertiary/aromatic N) is 2. The van der Waals surface area contributed by atoms with Crippen molar-refractivity contribution >= 4 is 17.5 Å². The maximum atomic E-state index is 13.0. The first-order valence-corrected chi connectivity index (χ1v) is 10.2. The summed E-state index contributed by atoms with van der Waals surface area (Å²) in [5.41, 5.74) is 0.298. The SMILES string of the molecule is CC1CCN(CCNC(=O)Cn2cc(C(=O)Nc3ccc(F)cc3)ccc2=O)CC1. The van der Waals surface area contributed by atoms with Crippen LogP contribution in [-0.2, 0) is 11.3 Å². The van der Waals surface area contributed by atoms with Crippen LogP contribution in [0.15, 0.2) is 47.4 Å². The third-order valence-electron chi connectivity index (χ3n) is 5.29. The molecule has 3 rings (SSSR count). The quantitative estimate of drug-likeness (QED) is 0.727. The Morgan fingerprint density at radius 3 is 2.50 bits per heavy atom. The number of carbonyl (C=O) groups is 2. The highest BCUT2D eigenvalue weighted by atomic mass is 19.1. The van der Waals surface area contributed by atoms with Gasteiger partial charge in [0.05, 0.1) is 5.56 Å². The molecule has 1 saturated heterocycles. The second-order valence-electron chi connectivity index (χ2n) is 7.72. The standard InChI is InChI=1S/C22H27FN4O3/c1-16-8-11-26(12-9-16)13-10-24-20(28)15-27-14-17(2-7-21(27)29)22(30)25-19-5-3-18(23)4-6-19/h2-7,14,16H,8-13,15H2,1H3,(H,24,28)(H,25,30). The lowest BCUT2D eigenvalue weighted by atomic mass is 9.99. The van der Waals surface area contributed by atoms with E-state index in [0.29, 0.717) is 12.2 Å². The lowest BCUT2D eigenvalue weighted by Crippen LogP contribution is -2.40. The van der Waals surface area contributed by atoms with Gasteiger partial charge in [-0.05, 0) is 62.2 Å². The van der Waals surface area contributed by atoms with E-state index in [9.17, 15) is 18.8 Å². The Bertz CT molecular complexity index is 934. The predicted molar refractivity (Wildman–Crippen MR) is 113 cm³/mol. The van der Waals surface area contributed by atoms with Gasteiger partial charge in [0, 0.05) is 31.0 Å². The molecule has 7 nitrogen and oxygen atoms in total. The van der Waals surface area contributed by atoms with Gasteiger partial charge in [-0.25, -0.2) is 4.39 Å². The number of likely N-dealkylation sites (tertiary alicyclic amines) is 1. The summed E-state index contributed by atoms with van der Waals surface area (Å²) < 4.78 is 14.2. The van der Waals surface area contributed by atoms with E-state index in [2.05, 4.69) is 22.5 Å². The molecule has 0 radical (unpaired) electrons. The number of anilines is 1. The number of pyridine rings is 1. The molecule has 1 aliphatic rings. The minimum absolute atomic E-state index is 0.159. The Hall–Kier alpha value is -3.00. The molecule has 1 fully saturated rings. The summed E-state index contributed by atoms with van der Waals surface area (Å²) in [5, 5.41) is 5.47. The van der Waals surface area contributed by atoms with Crippen molar-refractivity contribution in [3.63, 3.8) is 0 Å². The van der Waals surface area contributed by atoms with Gasteiger partial charge in [0.25, 0.3) is 11.5 Å². The molecule has 0 saturated carbocycles. The summed E-state index contributed by atoms with van der Waals surface area (Å²) in [7, 11) is 0. The fourth-order valence-electron chi connectivity index (χ4n) is 3.38. The van der Waals surface area contributed by atoms with Crippen LogP contribution < -0.4 is 16.2 Å². The van der Waals surface area contributed by atoms with Crippen molar-refractivity contribution in [3.05, 3.63) is 64.3 Å². The van der Waals surface area contributed by atoms with Crippen LogP contribution in [0.2, 0.25) is 0 Å². The van der Waals surface area contributed by atoms with E-state index < -0.39 is 11.7 Å². The number of hydrogen-bond donors (Lipinski definition) is 2. The molecule has 1 aromatic heterocycles. The fourth-order valence-corrected chi connectivity index (χ4v) is 3.38. The van der Waals surface area contributed by atoms with Crippen molar-refractivity contribution < 1.29 is 14.0 Å².